The molecule has 110 valence electrons. The minimum absolute atomic E-state index is 0.536. The van der Waals surface area contributed by atoms with E-state index in [4.69, 9.17) is 4.74 Å². The summed E-state index contributed by atoms with van der Waals surface area (Å²) in [6.07, 6.45) is 3.69. The maximum absolute atomic E-state index is 5.94. The Labute approximate surface area is 130 Å². The molecule has 3 heteroatoms. The van der Waals surface area contributed by atoms with Crippen molar-refractivity contribution in [1.29, 1.82) is 0 Å². The van der Waals surface area contributed by atoms with E-state index in [-0.39, 0.29) is 0 Å². The van der Waals surface area contributed by atoms with Crippen LogP contribution >= 0.6 is 0 Å². The van der Waals surface area contributed by atoms with Gasteiger partial charge in [-0.3, -0.25) is 9.88 Å². The lowest BCUT2D eigenvalue weighted by Gasteiger charge is -2.08. The fourth-order valence-electron chi connectivity index (χ4n) is 2.74. The van der Waals surface area contributed by atoms with Gasteiger partial charge < -0.3 is 4.74 Å². The molecule has 0 spiro atoms. The van der Waals surface area contributed by atoms with Crippen molar-refractivity contribution in [3.63, 3.8) is 0 Å². The van der Waals surface area contributed by atoms with Gasteiger partial charge in [-0.15, -0.1) is 0 Å². The molecule has 1 saturated heterocycles. The molecule has 22 heavy (non-hydrogen) atoms. The van der Waals surface area contributed by atoms with Gasteiger partial charge in [0.1, 0.15) is 12.4 Å². The molecular weight excluding hydrogens is 272 g/mol. The highest BCUT2D eigenvalue weighted by Crippen LogP contribution is 2.24. The van der Waals surface area contributed by atoms with Gasteiger partial charge >= 0.3 is 0 Å². The molecule has 2 heterocycles. The number of nitrogens with zero attached hydrogens (tertiary/aromatic N) is 2. The molecule has 0 aliphatic carbocycles. The highest BCUT2D eigenvalue weighted by Gasteiger charge is 2.34. The summed E-state index contributed by atoms with van der Waals surface area (Å²) in [5.74, 6) is 0.935. The maximum atomic E-state index is 5.94. The van der Waals surface area contributed by atoms with Gasteiger partial charge in [0.05, 0.1) is 6.04 Å². The van der Waals surface area contributed by atoms with Crippen LogP contribution < -0.4 is 4.74 Å². The summed E-state index contributed by atoms with van der Waals surface area (Å²) in [4.78, 5) is 6.56. The summed E-state index contributed by atoms with van der Waals surface area (Å²) in [7, 11) is 0. The number of benzene rings is 2. The lowest BCUT2D eigenvalue weighted by molar-refractivity contribution is 0.293. The third-order valence-corrected chi connectivity index (χ3v) is 4.11. The molecule has 2 aromatic carbocycles. The zero-order valence-electron chi connectivity index (χ0n) is 12.4. The van der Waals surface area contributed by atoms with E-state index < -0.39 is 0 Å². The molecule has 0 amide bonds. The van der Waals surface area contributed by atoms with Crippen LogP contribution in [0.2, 0.25) is 0 Å². The Morgan fingerprint density at radius 2 is 1.95 bits per heavy atom. The Morgan fingerprint density at radius 1 is 1.05 bits per heavy atom. The zero-order chi connectivity index (χ0) is 14.8. The van der Waals surface area contributed by atoms with Crippen molar-refractivity contribution in [1.82, 2.24) is 9.88 Å². The number of aromatic nitrogens is 1. The molecule has 0 bridgehead atoms. The summed E-state index contributed by atoms with van der Waals surface area (Å²) < 4.78 is 5.94. The SMILES string of the molecule is c1ccc(CN2CC2COc2ccc3cnccc3c2)cc1. The van der Waals surface area contributed by atoms with Crippen LogP contribution in [0.4, 0.5) is 0 Å². The van der Waals surface area contributed by atoms with Crippen LogP contribution in [-0.4, -0.2) is 29.1 Å². The summed E-state index contributed by atoms with van der Waals surface area (Å²) in [5, 5.41) is 2.32. The molecule has 3 nitrogen and oxygen atoms in total. The van der Waals surface area contributed by atoms with E-state index in [9.17, 15) is 0 Å². The van der Waals surface area contributed by atoms with Gasteiger partial charge in [0.15, 0.2) is 0 Å². The molecule has 3 aromatic rings. The minimum Gasteiger partial charge on any atom is -0.492 e. The van der Waals surface area contributed by atoms with Crippen LogP contribution in [0.15, 0.2) is 67.0 Å². The molecule has 1 aliphatic heterocycles. The van der Waals surface area contributed by atoms with Gasteiger partial charge in [-0.2, -0.15) is 0 Å². The molecule has 1 aromatic heterocycles. The van der Waals surface area contributed by atoms with E-state index in [2.05, 4.69) is 52.3 Å². The van der Waals surface area contributed by atoms with Crippen LogP contribution in [0.5, 0.6) is 5.75 Å². The van der Waals surface area contributed by atoms with Crippen LogP contribution in [0.1, 0.15) is 5.56 Å². The Morgan fingerprint density at radius 3 is 2.86 bits per heavy atom. The fourth-order valence-corrected chi connectivity index (χ4v) is 2.74. The smallest absolute Gasteiger partial charge is 0.120 e. The average molecular weight is 290 g/mol. The fraction of sp³-hybridized carbons (Fsp3) is 0.211. The second kappa shape index (κ2) is 5.78. The Kier molecular flexibility index (Phi) is 3.49. The van der Waals surface area contributed by atoms with Crippen LogP contribution in [0.25, 0.3) is 10.8 Å². The predicted octanol–water partition coefficient (Wildman–Crippen LogP) is 3.50. The first-order valence-corrected chi connectivity index (χ1v) is 7.63. The summed E-state index contributed by atoms with van der Waals surface area (Å²) >= 11 is 0. The second-order valence-corrected chi connectivity index (χ2v) is 5.76. The molecule has 0 radical (unpaired) electrons. The van der Waals surface area contributed by atoms with Crippen molar-refractivity contribution in [2.75, 3.05) is 13.2 Å². The van der Waals surface area contributed by atoms with E-state index in [0.29, 0.717) is 6.04 Å². The molecule has 2 atom stereocenters. The van der Waals surface area contributed by atoms with Crippen molar-refractivity contribution in [2.45, 2.75) is 12.6 Å². The molecule has 2 unspecified atom stereocenters. The van der Waals surface area contributed by atoms with E-state index >= 15 is 0 Å². The lowest BCUT2D eigenvalue weighted by atomic mass is 10.2. The van der Waals surface area contributed by atoms with Gasteiger partial charge in [0, 0.05) is 30.9 Å². The predicted molar refractivity (Wildman–Crippen MR) is 87.9 cm³/mol. The Balaban J connectivity index is 1.33. The number of fused-ring (bicyclic) bond motifs is 1. The van der Waals surface area contributed by atoms with Gasteiger partial charge in [0.2, 0.25) is 0 Å². The largest absolute Gasteiger partial charge is 0.492 e. The van der Waals surface area contributed by atoms with Gasteiger partial charge in [-0.1, -0.05) is 30.3 Å². The topological polar surface area (TPSA) is 25.1 Å². The van der Waals surface area contributed by atoms with Crippen molar-refractivity contribution in [3.05, 3.63) is 72.6 Å². The highest BCUT2D eigenvalue weighted by atomic mass is 16.5. The normalized spacial score (nSPS) is 20.0. The summed E-state index contributed by atoms with van der Waals surface area (Å²) in [5.41, 5.74) is 1.36. The number of ether oxygens (including phenoxy) is 1. The van der Waals surface area contributed by atoms with Crippen LogP contribution in [-0.2, 0) is 6.54 Å². The van der Waals surface area contributed by atoms with E-state index in [1.807, 2.05) is 24.5 Å². The highest BCUT2D eigenvalue weighted by molar-refractivity contribution is 5.82. The number of pyridine rings is 1. The molecule has 0 saturated carbocycles. The Hall–Kier alpha value is -2.39. The minimum atomic E-state index is 0.536. The zero-order valence-corrected chi connectivity index (χ0v) is 12.4. The quantitative estimate of drug-likeness (QED) is 0.672. The Bertz CT molecular complexity index is 773. The van der Waals surface area contributed by atoms with E-state index in [0.717, 1.165) is 30.8 Å². The second-order valence-electron chi connectivity index (χ2n) is 5.76. The van der Waals surface area contributed by atoms with Gasteiger partial charge in [0.25, 0.3) is 0 Å². The number of rotatable bonds is 5. The van der Waals surface area contributed by atoms with E-state index in [1.165, 1.54) is 10.9 Å². The molecule has 1 aliphatic rings. The third-order valence-electron chi connectivity index (χ3n) is 4.11. The lowest BCUT2D eigenvalue weighted by Crippen LogP contribution is -2.10. The van der Waals surface area contributed by atoms with Crippen molar-refractivity contribution in [2.24, 2.45) is 0 Å². The third kappa shape index (κ3) is 2.95. The first kappa shape index (κ1) is 13.3. The monoisotopic (exact) mass is 290 g/mol. The molecule has 0 N–H and O–H groups in total. The van der Waals surface area contributed by atoms with Crippen LogP contribution in [0.3, 0.4) is 0 Å². The van der Waals surface area contributed by atoms with E-state index in [1.54, 1.807) is 0 Å². The standard InChI is InChI=1S/C19H18N2O/c1-2-4-15(5-3-1)12-21-13-18(21)14-22-19-7-6-17-11-20-9-8-16(17)10-19/h1-11,18H,12-14H2. The first-order valence-electron chi connectivity index (χ1n) is 7.63. The number of hydrogen-bond donors (Lipinski definition) is 0. The number of hydrogen-bond acceptors (Lipinski definition) is 3. The van der Waals surface area contributed by atoms with Crippen LogP contribution in [0, 0.1) is 0 Å². The average Bonchev–Trinajstić information content (AvgIpc) is 3.31. The van der Waals surface area contributed by atoms with Gasteiger partial charge in [-0.25, -0.2) is 0 Å². The first-order chi connectivity index (χ1) is 10.9. The molecule has 1 fully saturated rings. The van der Waals surface area contributed by atoms with Crippen molar-refractivity contribution in [3.8, 4) is 5.75 Å². The molecule has 4 rings (SSSR count). The van der Waals surface area contributed by atoms with Crippen molar-refractivity contribution < 1.29 is 4.74 Å². The summed E-state index contributed by atoms with van der Waals surface area (Å²) in [6.45, 7) is 2.88. The van der Waals surface area contributed by atoms with Crippen molar-refractivity contribution >= 4 is 10.8 Å². The summed E-state index contributed by atoms with van der Waals surface area (Å²) in [6, 6.07) is 19.3. The maximum Gasteiger partial charge on any atom is 0.120 e. The molecular formula is C19H18N2O. The van der Waals surface area contributed by atoms with Gasteiger partial charge in [-0.05, 0) is 35.2 Å².